The van der Waals surface area contributed by atoms with Gasteiger partial charge >= 0.3 is 7.25 Å². The zero-order valence-electron chi connectivity index (χ0n) is 3.07. The van der Waals surface area contributed by atoms with Crippen molar-refractivity contribution in [2.24, 2.45) is 0 Å². The average molecular weight is 120 g/mol. The van der Waals surface area contributed by atoms with E-state index in [2.05, 4.69) is 5.59 Å². The van der Waals surface area contributed by atoms with Crippen LogP contribution < -0.4 is 5.59 Å². The summed E-state index contributed by atoms with van der Waals surface area (Å²) in [5.74, 6) is 0. The molecule has 0 atom stereocenters. The summed E-state index contributed by atoms with van der Waals surface area (Å²) in [6, 6.07) is 0. The zero-order valence-corrected chi connectivity index (χ0v) is 3.07. The highest BCUT2D eigenvalue weighted by molar-refractivity contribution is 6.50. The lowest BCUT2D eigenvalue weighted by atomic mass is 10.3. The van der Waals surface area contributed by atoms with Crippen molar-refractivity contribution in [2.75, 3.05) is 0 Å². The first kappa shape index (κ1) is 9.63. The van der Waals surface area contributed by atoms with Gasteiger partial charge in [-0.3, -0.25) is 0 Å². The number of halogens is 4. The van der Waals surface area contributed by atoms with Gasteiger partial charge in [0.25, 0.3) is 0 Å². The second kappa shape index (κ2) is 3.57. The molecule has 0 aliphatic carbocycles. The Hall–Kier alpha value is -0.615. The maximum atomic E-state index is 9.75. The molecule has 0 amide bonds. The van der Waals surface area contributed by atoms with Gasteiger partial charge in [-0.2, -0.15) is 0 Å². The van der Waals surface area contributed by atoms with Gasteiger partial charge in [0.1, 0.15) is 0 Å². The van der Waals surface area contributed by atoms with Crippen LogP contribution in [0.3, 0.4) is 0 Å². The number of hydrogen-bond donors (Lipinski definition) is 1. The van der Waals surface area contributed by atoms with Crippen molar-refractivity contribution in [3.8, 4) is 0 Å². The number of rotatable bonds is 0. The summed E-state index contributed by atoms with van der Waals surface area (Å²) >= 11 is 0. The third-order valence-corrected chi connectivity index (χ3v) is 0. The van der Waals surface area contributed by atoms with Crippen LogP contribution in [0.1, 0.15) is 0 Å². The molecule has 0 rings (SSSR count). The van der Waals surface area contributed by atoms with E-state index in [0.717, 1.165) is 0 Å². The van der Waals surface area contributed by atoms with E-state index in [4.69, 9.17) is 4.91 Å². The normalized spacial score (nSPS) is 9.14. The Morgan fingerprint density at radius 1 is 1.00 bits per heavy atom. The van der Waals surface area contributed by atoms with E-state index in [9.17, 15) is 17.3 Å². The summed E-state index contributed by atoms with van der Waals surface area (Å²) < 4.78 is 39.0. The molecule has 0 heterocycles. The molecule has 0 aliphatic heterocycles. The minimum absolute atomic E-state index is 3.25. The number of nitrogens with two attached hydrogens (primary N) is 1. The van der Waals surface area contributed by atoms with Crippen molar-refractivity contribution in [2.45, 2.75) is 0 Å². The zero-order chi connectivity index (χ0) is 6.50. The molecule has 2 nitrogen and oxygen atoms in total. The SMILES string of the molecule is F[B-](F)(F)F.[15NH2+]=O. The van der Waals surface area contributed by atoms with Gasteiger partial charge < -0.3 is 17.3 Å². The topological polar surface area (TPSA) is 42.7 Å². The number of hydrogen-bond acceptors (Lipinski definition) is 1. The Kier molecular flexibility index (Phi) is 4.91. The second-order valence-electron chi connectivity index (χ2n) is 0.495. The molecule has 2 N–H and O–H groups in total. The highest BCUT2D eigenvalue weighted by Crippen LogP contribution is 2.06. The Labute approximate surface area is 36.4 Å². The maximum Gasteiger partial charge on any atom is 0.673 e. The monoisotopic (exact) mass is 120 g/mol. The average Bonchev–Trinajstić information content (AvgIpc) is 1.36. The van der Waals surface area contributed by atoms with Crippen molar-refractivity contribution in [3.63, 3.8) is 0 Å². The summed E-state index contributed by atoms with van der Waals surface area (Å²) in [4.78, 5) is 7.75. The first-order chi connectivity index (χ1) is 3.00. The smallest absolute Gasteiger partial charge is 0.418 e. The van der Waals surface area contributed by atoms with Crippen LogP contribution in [0.25, 0.3) is 0 Å². The summed E-state index contributed by atoms with van der Waals surface area (Å²) in [5.41, 5.74) is 3.25. The van der Waals surface area contributed by atoms with Crippen LogP contribution in [0.2, 0.25) is 0 Å². The minimum atomic E-state index is -6.00. The summed E-state index contributed by atoms with van der Waals surface area (Å²) in [5, 5.41) is 0. The molecule has 0 aromatic rings. The van der Waals surface area contributed by atoms with Crippen molar-refractivity contribution < 1.29 is 22.9 Å². The van der Waals surface area contributed by atoms with Crippen LogP contribution in [0, 0.1) is 4.91 Å². The molecule has 0 aromatic carbocycles. The Bertz CT molecular complexity index is 35.4. The van der Waals surface area contributed by atoms with Crippen LogP contribution in [-0.2, 0) is 0 Å². The van der Waals surface area contributed by atoms with Crippen molar-refractivity contribution >= 4 is 7.25 Å². The third kappa shape index (κ3) is 163. The summed E-state index contributed by atoms with van der Waals surface area (Å²) in [7, 11) is -6.00. The predicted octanol–water partition coefficient (Wildman–Crippen LogP) is -0.188. The van der Waals surface area contributed by atoms with Crippen molar-refractivity contribution in [1.29, 1.82) is 0 Å². The van der Waals surface area contributed by atoms with E-state index in [-0.39, 0.29) is 0 Å². The molecule has 0 radical (unpaired) electrons. The van der Waals surface area contributed by atoms with Gasteiger partial charge in [0.2, 0.25) is 0 Å². The first-order valence-electron chi connectivity index (χ1n) is 1.11. The quantitative estimate of drug-likeness (QED) is 0.268. The third-order valence-electron chi connectivity index (χ3n) is 0. The fourth-order valence-electron chi connectivity index (χ4n) is 0. The van der Waals surface area contributed by atoms with Crippen LogP contribution in [-0.4, -0.2) is 7.25 Å². The highest BCUT2D eigenvalue weighted by atomic mass is 19.5. The van der Waals surface area contributed by atoms with E-state index < -0.39 is 7.25 Å². The molecule has 0 fully saturated rings. The van der Waals surface area contributed by atoms with Crippen LogP contribution in [0.4, 0.5) is 17.3 Å². The van der Waals surface area contributed by atoms with E-state index in [1.807, 2.05) is 0 Å². The van der Waals surface area contributed by atoms with Gasteiger partial charge in [-0.1, -0.05) is 0 Å². The molecule has 44 valence electrons. The molecule has 0 spiro atoms. The van der Waals surface area contributed by atoms with Gasteiger partial charge in [-0.25, -0.2) is 0 Å². The lowest BCUT2D eigenvalue weighted by molar-refractivity contribution is -0.142. The van der Waals surface area contributed by atoms with E-state index in [1.165, 1.54) is 0 Å². The van der Waals surface area contributed by atoms with Crippen molar-refractivity contribution in [3.05, 3.63) is 4.91 Å². The predicted molar refractivity (Wildman–Crippen MR) is 15.5 cm³/mol. The summed E-state index contributed by atoms with van der Waals surface area (Å²) in [6.07, 6.45) is 0. The number of nitroso groups, excluding NO2 is 1. The van der Waals surface area contributed by atoms with Gasteiger partial charge in [0, 0.05) is 4.91 Å². The molecule has 0 aliphatic rings. The Balaban J connectivity index is 0. The molecule has 0 unspecified atom stereocenters. The Morgan fingerprint density at radius 2 is 1.00 bits per heavy atom. The fraction of sp³-hybridized carbons (Fsp3) is 0. The first-order valence-corrected chi connectivity index (χ1v) is 1.11. The standard InChI is InChI=1S/BF4.H2NO/c2-1(3,4)5;1-2/h;1H2/q-1;+1/i;1+1. The molecule has 0 saturated heterocycles. The van der Waals surface area contributed by atoms with E-state index >= 15 is 0 Å². The van der Waals surface area contributed by atoms with Crippen LogP contribution >= 0.6 is 0 Å². The van der Waals surface area contributed by atoms with Crippen molar-refractivity contribution in [1.82, 2.24) is 0 Å². The lowest BCUT2D eigenvalue weighted by Gasteiger charge is -1.94. The molecule has 0 saturated carbocycles. The van der Waals surface area contributed by atoms with E-state index in [1.54, 1.807) is 0 Å². The highest BCUT2D eigenvalue weighted by Gasteiger charge is 2.20. The largest absolute Gasteiger partial charge is 0.673 e. The van der Waals surface area contributed by atoms with Gasteiger partial charge in [0.05, 0.1) is 0 Å². The van der Waals surface area contributed by atoms with Gasteiger partial charge in [-0.15, -0.1) is 0 Å². The molecule has 7 heavy (non-hydrogen) atoms. The maximum absolute atomic E-state index is 9.75. The molecule has 0 bridgehead atoms. The fourth-order valence-corrected chi connectivity index (χ4v) is 0. The van der Waals surface area contributed by atoms with Gasteiger partial charge in [-0.05, 0) is 5.59 Å². The lowest BCUT2D eigenvalue weighted by Crippen LogP contribution is -2.18. The molecule has 0 aromatic heterocycles. The van der Waals surface area contributed by atoms with E-state index in [0.29, 0.717) is 0 Å². The Morgan fingerprint density at radius 3 is 1.00 bits per heavy atom. The molecular formula is H2BF4NO. The summed E-state index contributed by atoms with van der Waals surface area (Å²) in [6.45, 7) is 0. The molecular weight excluding hydrogens is 118 g/mol. The van der Waals surface area contributed by atoms with Gasteiger partial charge in [0.15, 0.2) is 0 Å². The molecule has 7 heteroatoms. The van der Waals surface area contributed by atoms with Crippen LogP contribution in [0.5, 0.6) is 0 Å². The second-order valence-corrected chi connectivity index (χ2v) is 0.495. The van der Waals surface area contributed by atoms with Crippen LogP contribution in [0.15, 0.2) is 0 Å². The minimum Gasteiger partial charge on any atom is -0.418 e.